The molecule has 4 nitrogen and oxygen atoms in total. The zero-order valence-corrected chi connectivity index (χ0v) is 11.4. The summed E-state index contributed by atoms with van der Waals surface area (Å²) in [5.41, 5.74) is 4.26. The highest BCUT2D eigenvalue weighted by Gasteiger charge is 2.09. The summed E-state index contributed by atoms with van der Waals surface area (Å²) in [7, 11) is 0. The van der Waals surface area contributed by atoms with Gasteiger partial charge in [0, 0.05) is 18.1 Å². The summed E-state index contributed by atoms with van der Waals surface area (Å²) >= 11 is 0. The molecule has 0 aliphatic rings. The van der Waals surface area contributed by atoms with E-state index >= 15 is 0 Å². The van der Waals surface area contributed by atoms with Gasteiger partial charge in [-0.1, -0.05) is 18.2 Å². The van der Waals surface area contributed by atoms with Crippen molar-refractivity contribution in [2.45, 2.75) is 13.8 Å². The quantitative estimate of drug-likeness (QED) is 0.773. The first kappa shape index (κ1) is 12.4. The van der Waals surface area contributed by atoms with E-state index < -0.39 is 0 Å². The Morgan fingerprint density at radius 3 is 2.70 bits per heavy atom. The van der Waals surface area contributed by atoms with Crippen molar-refractivity contribution in [2.24, 2.45) is 0 Å². The number of carbonyl (C=O) groups is 1. The van der Waals surface area contributed by atoms with E-state index in [0.29, 0.717) is 5.56 Å². The van der Waals surface area contributed by atoms with E-state index in [4.69, 9.17) is 0 Å². The molecule has 0 radical (unpaired) electrons. The molecule has 100 valence electrons. The number of aromatic nitrogens is 2. The summed E-state index contributed by atoms with van der Waals surface area (Å²) in [6.07, 6.45) is 3.70. The minimum Gasteiger partial charge on any atom is -0.322 e. The summed E-state index contributed by atoms with van der Waals surface area (Å²) in [5.74, 6) is -0.118. The SMILES string of the molecule is Cc1cn2cc(C(=O)Nc3ccccc3C)ccc2n1. The molecule has 1 aromatic carbocycles. The van der Waals surface area contributed by atoms with E-state index in [-0.39, 0.29) is 5.91 Å². The van der Waals surface area contributed by atoms with Gasteiger partial charge in [-0.05, 0) is 37.6 Å². The molecule has 2 heterocycles. The number of hydrogen-bond acceptors (Lipinski definition) is 2. The van der Waals surface area contributed by atoms with Gasteiger partial charge in [-0.3, -0.25) is 4.79 Å². The molecular weight excluding hydrogens is 250 g/mol. The number of nitrogens with zero attached hydrogens (tertiary/aromatic N) is 2. The molecule has 1 N–H and O–H groups in total. The molecule has 0 saturated carbocycles. The number of benzene rings is 1. The number of carbonyl (C=O) groups excluding carboxylic acids is 1. The van der Waals surface area contributed by atoms with Crippen LogP contribution in [0, 0.1) is 13.8 Å². The van der Waals surface area contributed by atoms with Crippen LogP contribution in [0.5, 0.6) is 0 Å². The Labute approximate surface area is 117 Å². The number of aryl methyl sites for hydroxylation is 2. The van der Waals surface area contributed by atoms with Crippen LogP contribution < -0.4 is 5.32 Å². The minimum absolute atomic E-state index is 0.118. The lowest BCUT2D eigenvalue weighted by Gasteiger charge is -2.08. The van der Waals surface area contributed by atoms with Crippen LogP contribution in [0.3, 0.4) is 0 Å². The predicted octanol–water partition coefficient (Wildman–Crippen LogP) is 3.20. The van der Waals surface area contributed by atoms with Crippen molar-refractivity contribution in [1.29, 1.82) is 0 Å². The van der Waals surface area contributed by atoms with Crippen LogP contribution in [0.4, 0.5) is 5.69 Å². The Morgan fingerprint density at radius 1 is 1.10 bits per heavy atom. The monoisotopic (exact) mass is 265 g/mol. The molecule has 0 aliphatic carbocycles. The maximum atomic E-state index is 12.3. The predicted molar refractivity (Wildman–Crippen MR) is 79.1 cm³/mol. The number of anilines is 1. The molecule has 3 rings (SSSR count). The molecular formula is C16H15N3O. The lowest BCUT2D eigenvalue weighted by molar-refractivity contribution is 0.102. The second kappa shape index (κ2) is 4.81. The zero-order chi connectivity index (χ0) is 14.1. The second-order valence-corrected chi connectivity index (χ2v) is 4.83. The summed E-state index contributed by atoms with van der Waals surface area (Å²) in [6, 6.07) is 11.4. The molecule has 0 atom stereocenters. The van der Waals surface area contributed by atoms with Crippen molar-refractivity contribution in [2.75, 3.05) is 5.32 Å². The second-order valence-electron chi connectivity index (χ2n) is 4.83. The Bertz CT molecular complexity index is 789. The molecule has 2 aromatic heterocycles. The van der Waals surface area contributed by atoms with Gasteiger partial charge < -0.3 is 9.72 Å². The molecule has 20 heavy (non-hydrogen) atoms. The van der Waals surface area contributed by atoms with Crippen LogP contribution in [0.2, 0.25) is 0 Å². The fourth-order valence-electron chi connectivity index (χ4n) is 2.16. The third-order valence-corrected chi connectivity index (χ3v) is 3.23. The molecule has 0 unspecified atom stereocenters. The summed E-state index contributed by atoms with van der Waals surface area (Å²) in [5, 5.41) is 2.93. The third kappa shape index (κ3) is 2.28. The van der Waals surface area contributed by atoms with Crippen molar-refractivity contribution in [1.82, 2.24) is 9.38 Å². The fraction of sp³-hybridized carbons (Fsp3) is 0.125. The van der Waals surface area contributed by atoms with Crippen LogP contribution >= 0.6 is 0 Å². The average molecular weight is 265 g/mol. The van der Waals surface area contributed by atoms with Crippen molar-refractivity contribution in [3.8, 4) is 0 Å². The lowest BCUT2D eigenvalue weighted by Crippen LogP contribution is -2.13. The maximum absolute atomic E-state index is 12.3. The molecule has 4 heteroatoms. The van der Waals surface area contributed by atoms with Crippen molar-refractivity contribution in [3.05, 3.63) is 65.6 Å². The van der Waals surface area contributed by atoms with E-state index in [1.54, 1.807) is 12.3 Å². The number of para-hydroxylation sites is 1. The van der Waals surface area contributed by atoms with Crippen LogP contribution in [0.15, 0.2) is 48.8 Å². The van der Waals surface area contributed by atoms with E-state index in [1.807, 2.05) is 54.8 Å². The van der Waals surface area contributed by atoms with Crippen LogP contribution in [-0.4, -0.2) is 15.3 Å². The highest BCUT2D eigenvalue weighted by molar-refractivity contribution is 6.04. The first-order chi connectivity index (χ1) is 9.63. The van der Waals surface area contributed by atoms with Gasteiger partial charge in [-0.25, -0.2) is 4.98 Å². The van der Waals surface area contributed by atoms with Gasteiger partial charge in [-0.15, -0.1) is 0 Å². The van der Waals surface area contributed by atoms with Crippen molar-refractivity contribution in [3.63, 3.8) is 0 Å². The zero-order valence-electron chi connectivity index (χ0n) is 11.4. The van der Waals surface area contributed by atoms with Gasteiger partial charge in [-0.2, -0.15) is 0 Å². The highest BCUT2D eigenvalue weighted by Crippen LogP contribution is 2.15. The van der Waals surface area contributed by atoms with E-state index in [1.165, 1.54) is 0 Å². The molecule has 1 amide bonds. The summed E-state index contributed by atoms with van der Waals surface area (Å²) in [4.78, 5) is 16.6. The van der Waals surface area contributed by atoms with Gasteiger partial charge in [0.1, 0.15) is 5.65 Å². The topological polar surface area (TPSA) is 46.4 Å². The number of rotatable bonds is 2. The number of nitrogens with one attached hydrogen (secondary N) is 1. The maximum Gasteiger partial charge on any atom is 0.257 e. The normalized spacial score (nSPS) is 10.7. The van der Waals surface area contributed by atoms with Crippen LogP contribution in [-0.2, 0) is 0 Å². The van der Waals surface area contributed by atoms with Gasteiger partial charge in [0.05, 0.1) is 11.3 Å². The number of fused-ring (bicyclic) bond motifs is 1. The van der Waals surface area contributed by atoms with E-state index in [9.17, 15) is 4.79 Å². The number of amides is 1. The summed E-state index contributed by atoms with van der Waals surface area (Å²) in [6.45, 7) is 3.90. The Hall–Kier alpha value is -2.62. The number of pyridine rings is 1. The summed E-state index contributed by atoms with van der Waals surface area (Å²) < 4.78 is 1.86. The van der Waals surface area contributed by atoms with Crippen molar-refractivity contribution < 1.29 is 4.79 Å². The van der Waals surface area contributed by atoms with E-state index in [2.05, 4.69) is 10.3 Å². The standard InChI is InChI=1S/C16H15N3O/c1-11-5-3-4-6-14(11)18-16(20)13-7-8-15-17-12(2)9-19(15)10-13/h3-10H,1-2H3,(H,18,20). The van der Waals surface area contributed by atoms with Crippen molar-refractivity contribution >= 4 is 17.2 Å². The number of imidazole rings is 1. The molecule has 0 spiro atoms. The van der Waals surface area contributed by atoms with E-state index in [0.717, 1.165) is 22.6 Å². The number of hydrogen-bond donors (Lipinski definition) is 1. The first-order valence-electron chi connectivity index (χ1n) is 6.46. The van der Waals surface area contributed by atoms with Gasteiger partial charge in [0.2, 0.25) is 0 Å². The third-order valence-electron chi connectivity index (χ3n) is 3.23. The van der Waals surface area contributed by atoms with Gasteiger partial charge in [0.15, 0.2) is 0 Å². The fourth-order valence-corrected chi connectivity index (χ4v) is 2.16. The Morgan fingerprint density at radius 2 is 1.90 bits per heavy atom. The smallest absolute Gasteiger partial charge is 0.257 e. The van der Waals surface area contributed by atoms with Gasteiger partial charge >= 0.3 is 0 Å². The highest BCUT2D eigenvalue weighted by atomic mass is 16.1. The minimum atomic E-state index is -0.118. The van der Waals surface area contributed by atoms with Crippen LogP contribution in [0.25, 0.3) is 5.65 Å². The Balaban J connectivity index is 1.90. The molecule has 0 bridgehead atoms. The lowest BCUT2D eigenvalue weighted by atomic mass is 10.2. The molecule has 0 saturated heterocycles. The molecule has 3 aromatic rings. The molecule has 0 aliphatic heterocycles. The van der Waals surface area contributed by atoms with Crippen LogP contribution in [0.1, 0.15) is 21.6 Å². The average Bonchev–Trinajstić information content (AvgIpc) is 2.80. The molecule has 0 fully saturated rings. The largest absolute Gasteiger partial charge is 0.322 e. The Kier molecular flexibility index (Phi) is 2.99. The van der Waals surface area contributed by atoms with Gasteiger partial charge in [0.25, 0.3) is 5.91 Å². The first-order valence-corrected chi connectivity index (χ1v) is 6.46.